The predicted octanol–water partition coefficient (Wildman–Crippen LogP) is 3.21. The number of aromatic nitrogens is 2. The normalized spacial score (nSPS) is 10.3. The van der Waals surface area contributed by atoms with Gasteiger partial charge in [0, 0.05) is 12.7 Å². The lowest BCUT2D eigenvalue weighted by Gasteiger charge is -2.02. The summed E-state index contributed by atoms with van der Waals surface area (Å²) in [6.07, 6.45) is 0. The molecule has 1 N–H and O–H groups in total. The number of nitrogens with zero attached hydrogens (tertiary/aromatic N) is 2. The van der Waals surface area contributed by atoms with Crippen molar-refractivity contribution in [2.45, 2.75) is 6.92 Å². The summed E-state index contributed by atoms with van der Waals surface area (Å²) in [5.74, 6) is 0.634. The SMILES string of the molecule is CNc1nc(C)cc(-c2ccc(Cl)s2)n1. The third kappa shape index (κ3) is 2.27. The highest BCUT2D eigenvalue weighted by Gasteiger charge is 2.05. The minimum atomic E-state index is 0.634. The molecule has 0 fully saturated rings. The fraction of sp³-hybridized carbons (Fsp3) is 0.200. The van der Waals surface area contributed by atoms with E-state index in [9.17, 15) is 0 Å². The summed E-state index contributed by atoms with van der Waals surface area (Å²) >= 11 is 7.40. The molecule has 15 heavy (non-hydrogen) atoms. The number of nitrogens with one attached hydrogen (secondary N) is 1. The second kappa shape index (κ2) is 4.16. The highest BCUT2D eigenvalue weighted by molar-refractivity contribution is 7.19. The lowest BCUT2D eigenvalue weighted by atomic mass is 10.3. The summed E-state index contributed by atoms with van der Waals surface area (Å²) in [6.45, 7) is 1.95. The number of anilines is 1. The Bertz CT molecular complexity index is 481. The first-order chi connectivity index (χ1) is 7.19. The molecule has 2 rings (SSSR count). The Morgan fingerprint density at radius 1 is 1.33 bits per heavy atom. The summed E-state index contributed by atoms with van der Waals surface area (Å²) < 4.78 is 0.771. The summed E-state index contributed by atoms with van der Waals surface area (Å²) in [4.78, 5) is 9.66. The maximum absolute atomic E-state index is 5.88. The van der Waals surface area contributed by atoms with Gasteiger partial charge in [0.15, 0.2) is 0 Å². The van der Waals surface area contributed by atoms with Gasteiger partial charge in [-0.3, -0.25) is 0 Å². The molecule has 0 spiro atoms. The Kier molecular flexibility index (Phi) is 2.88. The van der Waals surface area contributed by atoms with Crippen LogP contribution in [0.4, 0.5) is 5.95 Å². The maximum atomic E-state index is 5.88. The smallest absolute Gasteiger partial charge is 0.223 e. The van der Waals surface area contributed by atoms with Crippen LogP contribution in [0.5, 0.6) is 0 Å². The number of halogens is 1. The van der Waals surface area contributed by atoms with E-state index in [0.29, 0.717) is 5.95 Å². The maximum Gasteiger partial charge on any atom is 0.223 e. The van der Waals surface area contributed by atoms with E-state index >= 15 is 0 Å². The van der Waals surface area contributed by atoms with Crippen LogP contribution in [0.15, 0.2) is 18.2 Å². The van der Waals surface area contributed by atoms with Gasteiger partial charge >= 0.3 is 0 Å². The van der Waals surface area contributed by atoms with E-state index in [2.05, 4.69) is 15.3 Å². The molecule has 0 aliphatic rings. The molecule has 0 aromatic carbocycles. The minimum absolute atomic E-state index is 0.634. The van der Waals surface area contributed by atoms with Crippen LogP contribution in [0.3, 0.4) is 0 Å². The second-order valence-corrected chi connectivity index (χ2v) is 4.79. The van der Waals surface area contributed by atoms with Gasteiger partial charge in [-0.15, -0.1) is 11.3 Å². The second-order valence-electron chi connectivity index (χ2n) is 3.07. The zero-order valence-corrected chi connectivity index (χ0v) is 9.99. The fourth-order valence-corrected chi connectivity index (χ4v) is 2.26. The highest BCUT2D eigenvalue weighted by Crippen LogP contribution is 2.30. The van der Waals surface area contributed by atoms with Crippen LogP contribution in [0.25, 0.3) is 10.6 Å². The molecule has 0 amide bonds. The molecule has 3 nitrogen and oxygen atoms in total. The standard InChI is InChI=1S/C10H10ClN3S/c1-6-5-7(14-10(12-2)13-6)8-3-4-9(11)15-8/h3-5H,1-2H3,(H,12,13,14). The first-order valence-electron chi connectivity index (χ1n) is 4.48. The van der Waals surface area contributed by atoms with Crippen molar-refractivity contribution < 1.29 is 0 Å². The van der Waals surface area contributed by atoms with Crippen molar-refractivity contribution in [2.75, 3.05) is 12.4 Å². The van der Waals surface area contributed by atoms with E-state index < -0.39 is 0 Å². The Morgan fingerprint density at radius 2 is 2.13 bits per heavy atom. The van der Waals surface area contributed by atoms with Crippen molar-refractivity contribution in [2.24, 2.45) is 0 Å². The van der Waals surface area contributed by atoms with Gasteiger partial charge in [0.1, 0.15) is 0 Å². The Balaban J connectivity index is 2.48. The molecule has 0 saturated carbocycles. The molecular weight excluding hydrogens is 230 g/mol. The molecule has 5 heteroatoms. The third-order valence-electron chi connectivity index (χ3n) is 1.90. The van der Waals surface area contributed by atoms with Crippen LogP contribution < -0.4 is 5.32 Å². The first kappa shape index (κ1) is 10.4. The summed E-state index contributed by atoms with van der Waals surface area (Å²) in [5.41, 5.74) is 1.85. The molecule has 0 bridgehead atoms. The Hall–Kier alpha value is -1.13. The minimum Gasteiger partial charge on any atom is -0.357 e. The van der Waals surface area contributed by atoms with Gasteiger partial charge in [0.05, 0.1) is 14.9 Å². The molecule has 2 aromatic rings. The number of aryl methyl sites for hydroxylation is 1. The topological polar surface area (TPSA) is 37.8 Å². The average molecular weight is 240 g/mol. The van der Waals surface area contributed by atoms with Gasteiger partial charge in [0.25, 0.3) is 0 Å². The van der Waals surface area contributed by atoms with Crippen molar-refractivity contribution in [1.82, 2.24) is 9.97 Å². The molecule has 0 saturated heterocycles. The first-order valence-corrected chi connectivity index (χ1v) is 5.67. The molecule has 78 valence electrons. The van der Waals surface area contributed by atoms with Gasteiger partial charge in [-0.1, -0.05) is 11.6 Å². The molecule has 0 radical (unpaired) electrons. The average Bonchev–Trinajstić information content (AvgIpc) is 2.64. The van der Waals surface area contributed by atoms with Crippen LogP contribution >= 0.6 is 22.9 Å². The van der Waals surface area contributed by atoms with E-state index in [-0.39, 0.29) is 0 Å². The molecule has 0 unspecified atom stereocenters. The number of hydrogen-bond acceptors (Lipinski definition) is 4. The van der Waals surface area contributed by atoms with Crippen molar-refractivity contribution in [1.29, 1.82) is 0 Å². The molecule has 0 aliphatic heterocycles. The van der Waals surface area contributed by atoms with Gasteiger partial charge < -0.3 is 5.32 Å². The van der Waals surface area contributed by atoms with E-state index in [0.717, 1.165) is 20.6 Å². The Morgan fingerprint density at radius 3 is 2.73 bits per heavy atom. The molecule has 2 heterocycles. The Labute approximate surface area is 97.2 Å². The molecule has 2 aromatic heterocycles. The van der Waals surface area contributed by atoms with Gasteiger partial charge in [-0.25, -0.2) is 9.97 Å². The van der Waals surface area contributed by atoms with E-state index in [1.54, 1.807) is 7.05 Å². The highest BCUT2D eigenvalue weighted by atomic mass is 35.5. The van der Waals surface area contributed by atoms with Crippen molar-refractivity contribution in [3.63, 3.8) is 0 Å². The zero-order chi connectivity index (χ0) is 10.8. The van der Waals surface area contributed by atoms with Gasteiger partial charge in [-0.05, 0) is 25.1 Å². The zero-order valence-electron chi connectivity index (χ0n) is 8.41. The third-order valence-corrected chi connectivity index (χ3v) is 3.16. The van der Waals surface area contributed by atoms with Gasteiger partial charge in [0.2, 0.25) is 5.95 Å². The summed E-state index contributed by atoms with van der Waals surface area (Å²) in [6, 6.07) is 5.79. The van der Waals surface area contributed by atoms with Crippen molar-refractivity contribution >= 4 is 28.9 Å². The number of hydrogen-bond donors (Lipinski definition) is 1. The van der Waals surface area contributed by atoms with Gasteiger partial charge in [-0.2, -0.15) is 0 Å². The van der Waals surface area contributed by atoms with Crippen LogP contribution in [-0.4, -0.2) is 17.0 Å². The molecule has 0 aliphatic carbocycles. The van der Waals surface area contributed by atoms with E-state index in [1.165, 1.54) is 11.3 Å². The lowest BCUT2D eigenvalue weighted by Crippen LogP contribution is -1.98. The lowest BCUT2D eigenvalue weighted by molar-refractivity contribution is 1.10. The van der Waals surface area contributed by atoms with Crippen molar-refractivity contribution in [3.8, 4) is 10.6 Å². The number of thiophene rings is 1. The summed E-state index contributed by atoms with van der Waals surface area (Å²) in [7, 11) is 1.81. The predicted molar refractivity (Wildman–Crippen MR) is 64.6 cm³/mol. The molecular formula is C10H10ClN3S. The van der Waals surface area contributed by atoms with Crippen LogP contribution in [0.1, 0.15) is 5.69 Å². The summed E-state index contributed by atoms with van der Waals surface area (Å²) in [5, 5.41) is 2.93. The van der Waals surface area contributed by atoms with Crippen LogP contribution in [0.2, 0.25) is 4.34 Å². The number of rotatable bonds is 2. The quantitative estimate of drug-likeness (QED) is 0.875. The van der Waals surface area contributed by atoms with Crippen molar-refractivity contribution in [3.05, 3.63) is 28.2 Å². The van der Waals surface area contributed by atoms with Crippen LogP contribution in [0, 0.1) is 6.92 Å². The monoisotopic (exact) mass is 239 g/mol. The van der Waals surface area contributed by atoms with E-state index in [4.69, 9.17) is 11.6 Å². The fourth-order valence-electron chi connectivity index (χ4n) is 1.26. The largest absolute Gasteiger partial charge is 0.357 e. The van der Waals surface area contributed by atoms with Crippen LogP contribution in [-0.2, 0) is 0 Å². The molecule has 0 atom stereocenters. The van der Waals surface area contributed by atoms with E-state index in [1.807, 2.05) is 25.1 Å².